The molecular formula is C17H28N4O5. The molecule has 1 N–H and O–H groups in total. The van der Waals surface area contributed by atoms with Gasteiger partial charge in [0.1, 0.15) is 11.1 Å². The Morgan fingerprint density at radius 1 is 0.731 bits per heavy atom. The molecule has 2 aliphatic rings. The summed E-state index contributed by atoms with van der Waals surface area (Å²) in [6.07, 6.45) is 0.670. The number of urea groups is 2. The lowest BCUT2D eigenvalue weighted by Crippen LogP contribution is -2.51. The molecule has 0 bridgehead atoms. The maximum atomic E-state index is 12.6. The minimum absolute atomic E-state index is 0.0610. The van der Waals surface area contributed by atoms with Gasteiger partial charge in [0.15, 0.2) is 0 Å². The Balaban J connectivity index is 2.17. The van der Waals surface area contributed by atoms with Gasteiger partial charge >= 0.3 is 12.1 Å². The number of amides is 6. The third-order valence-electron chi connectivity index (χ3n) is 5.13. The molecule has 2 aliphatic heterocycles. The van der Waals surface area contributed by atoms with Crippen LogP contribution in [-0.4, -0.2) is 92.4 Å². The molecule has 0 aromatic heterocycles. The van der Waals surface area contributed by atoms with Crippen molar-refractivity contribution in [2.45, 2.75) is 52.1 Å². The van der Waals surface area contributed by atoms with Crippen LogP contribution in [0.4, 0.5) is 9.59 Å². The Bertz CT molecular complexity index is 577. The lowest BCUT2D eigenvalue weighted by molar-refractivity contribution is -0.133. The van der Waals surface area contributed by atoms with Gasteiger partial charge in [0.05, 0.1) is 13.2 Å². The number of rotatable bonds is 7. The number of β-amino-alcohol motifs (C(OH)–C–C–N with tert-alkyl or cyclic N) is 1. The zero-order valence-electron chi connectivity index (χ0n) is 16.1. The zero-order chi connectivity index (χ0) is 19.9. The summed E-state index contributed by atoms with van der Waals surface area (Å²) in [6, 6.07) is -0.861. The first-order valence-corrected chi connectivity index (χ1v) is 8.89. The first-order valence-electron chi connectivity index (χ1n) is 8.89. The molecule has 0 saturated carbocycles. The molecule has 0 radical (unpaired) electrons. The molecule has 0 aromatic carbocycles. The van der Waals surface area contributed by atoms with E-state index in [0.29, 0.717) is 13.0 Å². The summed E-state index contributed by atoms with van der Waals surface area (Å²) >= 11 is 0. The fourth-order valence-corrected chi connectivity index (χ4v) is 3.50. The molecule has 26 heavy (non-hydrogen) atoms. The van der Waals surface area contributed by atoms with Crippen LogP contribution in [-0.2, 0) is 9.59 Å². The number of nitrogens with zero attached hydrogens (tertiary/aromatic N) is 4. The number of hydrogen-bond acceptors (Lipinski definition) is 5. The van der Waals surface area contributed by atoms with Crippen LogP contribution in [0.5, 0.6) is 0 Å². The third-order valence-corrected chi connectivity index (χ3v) is 5.13. The standard InChI is InChI=1S/C17H28N4O5/c1-6-7-18-12(23)16(2,3)20(14(18)25)8-9-21-15(26)19(10-11-22)13(24)17(21,4)5/h22H,6-11H2,1-5H3. The minimum atomic E-state index is -1.06. The smallest absolute Gasteiger partial charge is 0.327 e. The van der Waals surface area contributed by atoms with Crippen LogP contribution >= 0.6 is 0 Å². The number of aliphatic hydroxyl groups is 1. The van der Waals surface area contributed by atoms with Gasteiger partial charge in [-0.1, -0.05) is 6.92 Å². The van der Waals surface area contributed by atoms with Gasteiger partial charge in [-0.25, -0.2) is 9.59 Å². The van der Waals surface area contributed by atoms with Crippen LogP contribution in [0, 0.1) is 0 Å². The van der Waals surface area contributed by atoms with E-state index in [4.69, 9.17) is 5.11 Å². The molecule has 9 heteroatoms. The molecule has 146 valence electrons. The molecule has 0 unspecified atom stereocenters. The fraction of sp³-hybridized carbons (Fsp3) is 0.765. The number of hydrogen-bond donors (Lipinski definition) is 1. The maximum Gasteiger partial charge on any atom is 0.327 e. The molecule has 6 amide bonds. The van der Waals surface area contributed by atoms with E-state index in [1.807, 2.05) is 6.92 Å². The lowest BCUT2D eigenvalue weighted by atomic mass is 10.0. The van der Waals surface area contributed by atoms with Crippen molar-refractivity contribution in [2.24, 2.45) is 0 Å². The topological polar surface area (TPSA) is 101 Å². The van der Waals surface area contributed by atoms with E-state index in [1.54, 1.807) is 27.7 Å². The Hall–Kier alpha value is -2.16. The second kappa shape index (κ2) is 6.86. The summed E-state index contributed by atoms with van der Waals surface area (Å²) in [4.78, 5) is 55.2. The van der Waals surface area contributed by atoms with Crippen molar-refractivity contribution in [1.82, 2.24) is 19.6 Å². The predicted octanol–water partition coefficient (Wildman–Crippen LogP) is 0.474. The van der Waals surface area contributed by atoms with E-state index in [1.165, 1.54) is 14.7 Å². The summed E-state index contributed by atoms with van der Waals surface area (Å²) < 4.78 is 0. The highest BCUT2D eigenvalue weighted by atomic mass is 16.3. The zero-order valence-corrected chi connectivity index (χ0v) is 16.1. The summed E-state index contributed by atoms with van der Waals surface area (Å²) in [5.41, 5.74) is -2.06. The summed E-state index contributed by atoms with van der Waals surface area (Å²) in [5, 5.41) is 9.07. The van der Waals surface area contributed by atoms with Crippen molar-refractivity contribution in [3.05, 3.63) is 0 Å². The van der Waals surface area contributed by atoms with Gasteiger partial charge in [-0.15, -0.1) is 0 Å². The highest BCUT2D eigenvalue weighted by Crippen LogP contribution is 2.30. The van der Waals surface area contributed by atoms with E-state index in [0.717, 1.165) is 4.90 Å². The van der Waals surface area contributed by atoms with Crippen molar-refractivity contribution in [1.29, 1.82) is 0 Å². The van der Waals surface area contributed by atoms with E-state index in [-0.39, 0.29) is 44.1 Å². The number of aliphatic hydroxyl groups excluding tert-OH is 1. The molecule has 0 aromatic rings. The van der Waals surface area contributed by atoms with E-state index in [2.05, 4.69) is 0 Å². The van der Waals surface area contributed by atoms with Crippen molar-refractivity contribution >= 4 is 23.9 Å². The van der Waals surface area contributed by atoms with Crippen LogP contribution in [0.15, 0.2) is 0 Å². The van der Waals surface area contributed by atoms with Crippen LogP contribution < -0.4 is 0 Å². The summed E-state index contributed by atoms with van der Waals surface area (Å²) in [7, 11) is 0. The quantitative estimate of drug-likeness (QED) is 0.659. The van der Waals surface area contributed by atoms with Crippen molar-refractivity contribution in [3.63, 3.8) is 0 Å². The molecule has 2 rings (SSSR count). The predicted molar refractivity (Wildman–Crippen MR) is 93.2 cm³/mol. The number of imide groups is 2. The first-order chi connectivity index (χ1) is 12.0. The van der Waals surface area contributed by atoms with Gasteiger partial charge in [-0.3, -0.25) is 19.4 Å². The molecular weight excluding hydrogens is 340 g/mol. The lowest BCUT2D eigenvalue weighted by Gasteiger charge is -2.33. The van der Waals surface area contributed by atoms with Gasteiger partial charge < -0.3 is 14.9 Å². The summed E-state index contributed by atoms with van der Waals surface area (Å²) in [6.45, 7) is 8.79. The van der Waals surface area contributed by atoms with Crippen LogP contribution in [0.25, 0.3) is 0 Å². The van der Waals surface area contributed by atoms with Gasteiger partial charge in [0, 0.05) is 19.6 Å². The second-order valence-electron chi connectivity index (χ2n) is 7.62. The normalized spacial score (nSPS) is 22.2. The average Bonchev–Trinajstić information content (AvgIpc) is 2.82. The molecule has 2 fully saturated rings. The Labute approximate surface area is 153 Å². The van der Waals surface area contributed by atoms with Crippen LogP contribution in [0.2, 0.25) is 0 Å². The molecule has 0 spiro atoms. The monoisotopic (exact) mass is 368 g/mol. The van der Waals surface area contributed by atoms with Crippen molar-refractivity contribution in [3.8, 4) is 0 Å². The van der Waals surface area contributed by atoms with Gasteiger partial charge in [-0.05, 0) is 34.1 Å². The third kappa shape index (κ3) is 2.94. The van der Waals surface area contributed by atoms with Crippen LogP contribution in [0.3, 0.4) is 0 Å². The van der Waals surface area contributed by atoms with Crippen LogP contribution in [0.1, 0.15) is 41.0 Å². The number of carbonyl (C=O) groups excluding carboxylic acids is 4. The Morgan fingerprint density at radius 3 is 1.46 bits per heavy atom. The molecule has 2 saturated heterocycles. The van der Waals surface area contributed by atoms with Gasteiger partial charge in [0.2, 0.25) is 0 Å². The SMILES string of the molecule is CCCN1C(=O)N(CCN2C(=O)N(CCO)C(=O)C2(C)C)C(C)(C)C1=O. The molecule has 0 atom stereocenters. The molecule has 0 aliphatic carbocycles. The fourth-order valence-electron chi connectivity index (χ4n) is 3.50. The Kier molecular flexibility index (Phi) is 5.32. The van der Waals surface area contributed by atoms with Gasteiger partial charge in [0.25, 0.3) is 11.8 Å². The number of carbonyl (C=O) groups is 4. The largest absolute Gasteiger partial charge is 0.395 e. The second-order valence-corrected chi connectivity index (χ2v) is 7.62. The van der Waals surface area contributed by atoms with Crippen molar-refractivity contribution in [2.75, 3.05) is 32.8 Å². The van der Waals surface area contributed by atoms with E-state index < -0.39 is 17.1 Å². The van der Waals surface area contributed by atoms with Crippen molar-refractivity contribution < 1.29 is 24.3 Å². The Morgan fingerprint density at radius 2 is 1.12 bits per heavy atom. The van der Waals surface area contributed by atoms with E-state index in [9.17, 15) is 19.2 Å². The minimum Gasteiger partial charge on any atom is -0.395 e. The maximum absolute atomic E-state index is 12.6. The average molecular weight is 368 g/mol. The highest BCUT2D eigenvalue weighted by molar-refractivity contribution is 6.07. The first kappa shape index (κ1) is 20.2. The van der Waals surface area contributed by atoms with Gasteiger partial charge in [-0.2, -0.15) is 0 Å². The van der Waals surface area contributed by atoms with E-state index >= 15 is 0 Å². The molecule has 2 heterocycles. The summed E-state index contributed by atoms with van der Waals surface area (Å²) in [5.74, 6) is -0.637. The molecule has 9 nitrogen and oxygen atoms in total. The highest BCUT2D eigenvalue weighted by Gasteiger charge is 2.53.